The Morgan fingerprint density at radius 3 is 0.275 bits per heavy atom. The summed E-state index contributed by atoms with van der Waals surface area (Å²) in [5.74, 6) is 0. The van der Waals surface area contributed by atoms with Crippen molar-refractivity contribution in [2.75, 3.05) is 39.3 Å². The summed E-state index contributed by atoms with van der Waals surface area (Å²) in [6, 6.07) is 0. The maximum Gasteiger partial charge on any atom is 0.0755 e. The summed E-state index contributed by atoms with van der Waals surface area (Å²) < 4.78 is 0. The zero-order chi connectivity index (χ0) is 66.9. The SMILES string of the molecule is CCCCCCCCCCCCCC[NH2+]CCCCCCCCCCCCCC.CCCCCCCCCCCCCC[NH2+]CCCCCCCCCCCCCC.CCCCCCCCCCCCCC[NH2+]CCCCCCCCCCCCCC.[O-]B([O-])[O-]. The maximum absolute atomic E-state index is 8.42. The van der Waals surface area contributed by atoms with E-state index in [1.165, 1.54) is 502 Å². The van der Waals surface area contributed by atoms with Crippen LogP contribution in [0.3, 0.4) is 0 Å². The predicted octanol–water partition coefficient (Wildman–Crippen LogP) is 22.9. The zero-order valence-electron chi connectivity index (χ0n) is 64.7. The quantitative estimate of drug-likeness (QED) is 0.0416. The van der Waals surface area contributed by atoms with Gasteiger partial charge < -0.3 is 31.0 Å². The Hall–Kier alpha value is -0.175. The van der Waals surface area contributed by atoms with Crippen molar-refractivity contribution < 1.29 is 31.0 Å². The first kappa shape index (κ1) is 97.2. The van der Waals surface area contributed by atoms with E-state index in [1.54, 1.807) is 0 Å². The fourth-order valence-corrected chi connectivity index (χ4v) is 13.2. The first-order valence-electron chi connectivity index (χ1n) is 43.4. The molecule has 0 radical (unpaired) electrons. The molecule has 0 aromatic heterocycles. The molecule has 0 unspecified atom stereocenters. The number of quaternary nitrogens is 3. The van der Waals surface area contributed by atoms with Crippen LogP contribution in [0, 0.1) is 0 Å². The molecule has 6 nitrogen and oxygen atoms in total. The van der Waals surface area contributed by atoms with E-state index >= 15 is 0 Å². The molecular formula is C84H180BN3O3. The van der Waals surface area contributed by atoms with Crippen LogP contribution >= 0.6 is 0 Å². The molecular weight excluding hydrogens is 1110 g/mol. The van der Waals surface area contributed by atoms with E-state index < -0.39 is 7.32 Å². The van der Waals surface area contributed by atoms with Crippen molar-refractivity contribution in [3.63, 3.8) is 0 Å². The van der Waals surface area contributed by atoms with Crippen LogP contribution in [0.5, 0.6) is 0 Å². The number of hydrogen-bond donors (Lipinski definition) is 3. The van der Waals surface area contributed by atoms with Crippen LogP contribution in [-0.2, 0) is 0 Å². The number of nitrogens with two attached hydrogens (primary N) is 3. The van der Waals surface area contributed by atoms with Crippen LogP contribution in [0.2, 0.25) is 0 Å². The monoisotopic (exact) mass is 1290 g/mol. The third-order valence-corrected chi connectivity index (χ3v) is 19.6. The highest BCUT2D eigenvalue weighted by Gasteiger charge is 2.02. The van der Waals surface area contributed by atoms with E-state index in [2.05, 4.69) is 57.5 Å². The molecule has 0 amide bonds. The van der Waals surface area contributed by atoms with Crippen LogP contribution in [-0.4, -0.2) is 46.6 Å². The first-order chi connectivity index (χ1) is 45.0. The van der Waals surface area contributed by atoms with Crippen molar-refractivity contribution in [1.29, 1.82) is 0 Å². The Labute approximate surface area is 578 Å². The lowest BCUT2D eigenvalue weighted by Gasteiger charge is -2.35. The largest absolute Gasteiger partial charge is 0.907 e. The second kappa shape index (κ2) is 101. The van der Waals surface area contributed by atoms with Crippen molar-refractivity contribution in [3.8, 4) is 0 Å². The molecule has 0 atom stereocenters. The summed E-state index contributed by atoms with van der Waals surface area (Å²) in [5, 5.41) is 33.0. The van der Waals surface area contributed by atoms with Crippen molar-refractivity contribution in [3.05, 3.63) is 0 Å². The minimum atomic E-state index is -2.92. The molecule has 0 rings (SSSR count). The van der Waals surface area contributed by atoms with Crippen molar-refractivity contribution in [1.82, 2.24) is 0 Å². The van der Waals surface area contributed by atoms with Gasteiger partial charge in [-0.15, -0.1) is 0 Å². The normalized spacial score (nSPS) is 11.2. The second-order valence-electron chi connectivity index (χ2n) is 29.2. The Morgan fingerprint density at radius 1 is 0.132 bits per heavy atom. The van der Waals surface area contributed by atoms with E-state index in [4.69, 9.17) is 15.1 Å². The van der Waals surface area contributed by atoms with Gasteiger partial charge in [0, 0.05) is 0 Å². The molecule has 0 spiro atoms. The molecule has 0 saturated heterocycles. The summed E-state index contributed by atoms with van der Waals surface area (Å²) in [6.45, 7) is 22.0. The van der Waals surface area contributed by atoms with Gasteiger partial charge in [0.1, 0.15) is 0 Å². The summed E-state index contributed by atoms with van der Waals surface area (Å²) in [4.78, 5) is 0. The molecule has 0 saturated carbocycles. The van der Waals surface area contributed by atoms with Crippen molar-refractivity contribution in [2.45, 2.75) is 504 Å². The highest BCUT2D eigenvalue weighted by atomic mass is 16.5. The number of unbranched alkanes of at least 4 members (excludes halogenated alkanes) is 66. The highest BCUT2D eigenvalue weighted by molar-refractivity contribution is 6.24. The van der Waals surface area contributed by atoms with Gasteiger partial charge >= 0.3 is 0 Å². The van der Waals surface area contributed by atoms with Gasteiger partial charge in [-0.05, 0) is 77.0 Å². The number of rotatable bonds is 78. The average Bonchev–Trinajstić information content (AvgIpc) is 3.55. The summed E-state index contributed by atoms with van der Waals surface area (Å²) in [5.41, 5.74) is 0. The molecule has 0 aliphatic carbocycles. The average molecular weight is 1290 g/mol. The van der Waals surface area contributed by atoms with Crippen LogP contribution in [0.15, 0.2) is 0 Å². The molecule has 7 heteroatoms. The first-order valence-corrected chi connectivity index (χ1v) is 43.4. The van der Waals surface area contributed by atoms with Gasteiger partial charge in [0.25, 0.3) is 0 Å². The van der Waals surface area contributed by atoms with Gasteiger partial charge in [-0.1, -0.05) is 427 Å². The Morgan fingerprint density at radius 2 is 0.198 bits per heavy atom. The second-order valence-corrected chi connectivity index (χ2v) is 29.2. The maximum atomic E-state index is 8.42. The summed E-state index contributed by atoms with van der Waals surface area (Å²) in [6.07, 6.45) is 105. The molecule has 0 aromatic carbocycles. The minimum Gasteiger partial charge on any atom is -0.907 e. The van der Waals surface area contributed by atoms with Gasteiger partial charge in [-0.25, -0.2) is 0 Å². The smallest absolute Gasteiger partial charge is 0.0755 e. The van der Waals surface area contributed by atoms with Crippen LogP contribution in [0.1, 0.15) is 504 Å². The van der Waals surface area contributed by atoms with Crippen molar-refractivity contribution in [2.24, 2.45) is 0 Å². The molecule has 0 heterocycles. The molecule has 6 N–H and O–H groups in total. The third-order valence-electron chi connectivity index (χ3n) is 19.6. The van der Waals surface area contributed by atoms with Gasteiger partial charge in [0.15, 0.2) is 0 Å². The molecule has 0 bridgehead atoms. The minimum absolute atomic E-state index is 1.37. The lowest BCUT2D eigenvalue weighted by molar-refractivity contribution is -0.655. The molecule has 0 aliphatic rings. The third kappa shape index (κ3) is 114. The number of hydrogen-bond acceptors (Lipinski definition) is 3. The van der Waals surface area contributed by atoms with E-state index in [0.29, 0.717) is 0 Å². The van der Waals surface area contributed by atoms with E-state index in [9.17, 15) is 0 Å². The molecule has 0 aromatic rings. The lowest BCUT2D eigenvalue weighted by atomic mass is 10.1. The Kier molecular flexibility index (Phi) is 108. The lowest BCUT2D eigenvalue weighted by Crippen LogP contribution is -2.84. The fraction of sp³-hybridized carbons (Fsp3) is 1.00. The van der Waals surface area contributed by atoms with Crippen molar-refractivity contribution >= 4 is 7.32 Å². The van der Waals surface area contributed by atoms with Gasteiger partial charge in [-0.2, -0.15) is 0 Å². The molecule has 0 fully saturated rings. The zero-order valence-corrected chi connectivity index (χ0v) is 64.7. The molecule has 0 aliphatic heterocycles. The summed E-state index contributed by atoms with van der Waals surface area (Å²) >= 11 is 0. The molecule has 552 valence electrons. The van der Waals surface area contributed by atoms with Crippen LogP contribution < -0.4 is 31.0 Å². The van der Waals surface area contributed by atoms with E-state index in [0.717, 1.165) is 0 Å². The standard InChI is InChI=1S/3C28H59N.BO3/c3*1-3-5-7-9-11-13-15-17-19-21-23-25-27-29-28-26-24-22-20-18-16-14-12-10-8-6-4-2;2-1(3)4/h3*29H,3-28H2,1-2H3;/q;;;-3/p+3. The highest BCUT2D eigenvalue weighted by Crippen LogP contribution is 2.17. The van der Waals surface area contributed by atoms with E-state index in [1.807, 2.05) is 0 Å². The topological polar surface area (TPSA) is 119 Å². The fourth-order valence-electron chi connectivity index (χ4n) is 13.2. The Balaban J connectivity index is -0.000000604. The van der Waals surface area contributed by atoms with Gasteiger partial charge in [0.2, 0.25) is 0 Å². The molecule has 91 heavy (non-hydrogen) atoms. The van der Waals surface area contributed by atoms with Gasteiger partial charge in [0.05, 0.1) is 39.3 Å². The Bertz CT molecular complexity index is 909. The summed E-state index contributed by atoms with van der Waals surface area (Å²) in [7, 11) is -2.92. The van der Waals surface area contributed by atoms with Crippen LogP contribution in [0.4, 0.5) is 0 Å². The predicted molar refractivity (Wildman–Crippen MR) is 407 cm³/mol. The van der Waals surface area contributed by atoms with Gasteiger partial charge in [-0.3, -0.25) is 7.32 Å². The van der Waals surface area contributed by atoms with Crippen LogP contribution in [0.25, 0.3) is 0 Å². The van der Waals surface area contributed by atoms with E-state index in [-0.39, 0.29) is 0 Å².